The normalized spacial score (nSPS) is 13.4. The number of hydrogen-bond acceptors (Lipinski definition) is 0. The van der Waals surface area contributed by atoms with Crippen molar-refractivity contribution in [2.45, 2.75) is 0 Å². The van der Waals surface area contributed by atoms with Crippen molar-refractivity contribution in [2.75, 3.05) is 0 Å². The Hall–Kier alpha value is -7.20. The molecule has 0 saturated heterocycles. The van der Waals surface area contributed by atoms with Crippen LogP contribution in [-0.4, -0.2) is 17.2 Å². The predicted octanol–water partition coefficient (Wildman–Crippen LogP) is 10.9. The monoisotopic (exact) mass is 738 g/mol. The molecule has 2 aromatic heterocycles. The molecule has 9 aromatic carbocycles. The van der Waals surface area contributed by atoms with Crippen LogP contribution in [0.4, 0.5) is 0 Å². The summed E-state index contributed by atoms with van der Waals surface area (Å²) >= 11 is 0. The third-order valence-corrected chi connectivity index (χ3v) is 17.9. The molecule has 0 saturated carbocycles. The van der Waals surface area contributed by atoms with Crippen LogP contribution < -0.4 is 20.7 Å². The fraction of sp³-hybridized carbons (Fsp3) is 0. The highest BCUT2D eigenvalue weighted by Gasteiger charge is 2.53. The summed E-state index contributed by atoms with van der Waals surface area (Å²) in [5.41, 5.74) is 15.2. The standard InChI is InChI=1S/C54H34N2Si/c1-2-14-37(15-3-1)55-47-21-9-4-16-39(47)45-32-33-46-40-17-5-10-22-48(40)56(54(46)53(45)55)38-29-26-35(27-30-38)36-28-31-44-43-20-8-13-25-51(43)57(52(44)34-36)49-23-11-6-18-41(49)42-19-7-12-24-50(42)57/h1-34H. The lowest BCUT2D eigenvalue weighted by molar-refractivity contribution is 1.15. The van der Waals surface area contributed by atoms with Crippen LogP contribution in [0.25, 0.3) is 88.4 Å². The molecule has 0 bridgehead atoms. The molecule has 1 spiro atoms. The van der Waals surface area contributed by atoms with E-state index in [0.29, 0.717) is 0 Å². The second-order valence-corrected chi connectivity index (χ2v) is 19.2. The van der Waals surface area contributed by atoms with Crippen molar-refractivity contribution >= 4 is 72.4 Å². The average molecular weight is 739 g/mol. The van der Waals surface area contributed by atoms with Gasteiger partial charge in [0.15, 0.2) is 8.07 Å². The van der Waals surface area contributed by atoms with Crippen molar-refractivity contribution in [3.8, 4) is 44.8 Å². The van der Waals surface area contributed by atoms with Crippen molar-refractivity contribution in [3.63, 3.8) is 0 Å². The van der Waals surface area contributed by atoms with E-state index in [-0.39, 0.29) is 0 Å². The molecule has 0 N–H and O–H groups in total. The second-order valence-electron chi connectivity index (χ2n) is 15.6. The van der Waals surface area contributed by atoms with Gasteiger partial charge < -0.3 is 9.13 Å². The molecule has 2 aliphatic heterocycles. The Kier molecular flexibility index (Phi) is 6.22. The highest BCUT2D eigenvalue weighted by atomic mass is 28.3. The number of hydrogen-bond donors (Lipinski definition) is 0. The molecule has 0 atom stereocenters. The van der Waals surface area contributed by atoms with Gasteiger partial charge in [0.1, 0.15) is 0 Å². The van der Waals surface area contributed by atoms with E-state index < -0.39 is 8.07 Å². The predicted molar refractivity (Wildman–Crippen MR) is 242 cm³/mol. The third kappa shape index (κ3) is 3.98. The number of nitrogens with zero attached hydrogens (tertiary/aromatic N) is 2. The van der Waals surface area contributed by atoms with E-state index in [1.165, 1.54) is 97.7 Å². The largest absolute Gasteiger partial charge is 0.307 e. The quantitative estimate of drug-likeness (QED) is 0.160. The summed E-state index contributed by atoms with van der Waals surface area (Å²) in [6.07, 6.45) is 0. The Morgan fingerprint density at radius 2 is 0.702 bits per heavy atom. The molecule has 4 heterocycles. The van der Waals surface area contributed by atoms with Crippen LogP contribution in [-0.2, 0) is 0 Å². The first-order valence-corrected chi connectivity index (χ1v) is 21.9. The fourth-order valence-corrected chi connectivity index (χ4v) is 16.3. The molecule has 3 heteroatoms. The summed E-state index contributed by atoms with van der Waals surface area (Å²) < 4.78 is 4.95. The summed E-state index contributed by atoms with van der Waals surface area (Å²) in [6, 6.07) is 77.3. The lowest BCUT2D eigenvalue weighted by Crippen LogP contribution is -2.70. The Morgan fingerprint density at radius 3 is 1.25 bits per heavy atom. The van der Waals surface area contributed by atoms with Crippen LogP contribution in [0.5, 0.6) is 0 Å². The van der Waals surface area contributed by atoms with Crippen LogP contribution in [0, 0.1) is 0 Å². The number of para-hydroxylation sites is 3. The van der Waals surface area contributed by atoms with Gasteiger partial charge in [-0.1, -0.05) is 170 Å². The number of fused-ring (bicyclic) bond motifs is 17. The minimum atomic E-state index is -2.51. The molecule has 2 aliphatic rings. The van der Waals surface area contributed by atoms with Gasteiger partial charge in [0.25, 0.3) is 0 Å². The van der Waals surface area contributed by atoms with Gasteiger partial charge in [-0.2, -0.15) is 0 Å². The van der Waals surface area contributed by atoms with Crippen LogP contribution in [0.3, 0.4) is 0 Å². The van der Waals surface area contributed by atoms with Gasteiger partial charge in [-0.3, -0.25) is 0 Å². The Balaban J connectivity index is 1.03. The molecular formula is C54H34N2Si. The zero-order valence-corrected chi connectivity index (χ0v) is 32.0. The number of benzene rings is 9. The van der Waals surface area contributed by atoms with Gasteiger partial charge in [-0.05, 0) is 90.5 Å². The van der Waals surface area contributed by atoms with Gasteiger partial charge in [0.2, 0.25) is 0 Å². The first-order chi connectivity index (χ1) is 28.3. The summed E-state index contributed by atoms with van der Waals surface area (Å²) in [6.45, 7) is 0. The molecule has 0 fully saturated rings. The van der Waals surface area contributed by atoms with Gasteiger partial charge >= 0.3 is 0 Å². The molecular weight excluding hydrogens is 705 g/mol. The summed E-state index contributed by atoms with van der Waals surface area (Å²) in [4.78, 5) is 0. The minimum absolute atomic E-state index is 1.15. The van der Waals surface area contributed by atoms with Crippen LogP contribution in [0.2, 0.25) is 0 Å². The zero-order valence-electron chi connectivity index (χ0n) is 31.0. The molecule has 11 aromatic rings. The van der Waals surface area contributed by atoms with E-state index in [1.807, 2.05) is 0 Å². The van der Waals surface area contributed by atoms with E-state index in [1.54, 1.807) is 0 Å². The van der Waals surface area contributed by atoms with Crippen molar-refractivity contribution in [1.29, 1.82) is 0 Å². The van der Waals surface area contributed by atoms with E-state index in [4.69, 9.17) is 0 Å². The number of aromatic nitrogens is 2. The highest BCUT2D eigenvalue weighted by Crippen LogP contribution is 2.42. The summed E-state index contributed by atoms with van der Waals surface area (Å²) in [5, 5.41) is 11.1. The first kappa shape index (κ1) is 31.0. The average Bonchev–Trinajstić information content (AvgIpc) is 3.99. The molecule has 0 unspecified atom stereocenters. The Bertz CT molecular complexity index is 3400. The van der Waals surface area contributed by atoms with Gasteiger partial charge in [-0.15, -0.1) is 0 Å². The first-order valence-electron chi connectivity index (χ1n) is 19.9. The SMILES string of the molecule is c1ccc(-n2c3ccccc3c3ccc4c5ccccc5n(-c5ccc(-c6ccc7c(c6)[Si]6(c8ccccc8-c8ccccc86)c6ccccc6-7)cc5)c4c32)cc1. The third-order valence-electron chi connectivity index (χ3n) is 12.9. The lowest BCUT2D eigenvalue weighted by atomic mass is 10.0. The van der Waals surface area contributed by atoms with E-state index >= 15 is 0 Å². The topological polar surface area (TPSA) is 9.86 Å². The van der Waals surface area contributed by atoms with Crippen molar-refractivity contribution < 1.29 is 0 Å². The Labute approximate surface area is 331 Å². The van der Waals surface area contributed by atoms with Crippen molar-refractivity contribution in [2.24, 2.45) is 0 Å². The van der Waals surface area contributed by atoms with Crippen molar-refractivity contribution in [3.05, 3.63) is 206 Å². The van der Waals surface area contributed by atoms with Crippen LogP contribution >= 0.6 is 0 Å². The maximum atomic E-state index is 2.54. The molecule has 0 aliphatic carbocycles. The molecule has 0 radical (unpaired) electrons. The molecule has 0 amide bonds. The van der Waals surface area contributed by atoms with Gasteiger partial charge in [0.05, 0.1) is 22.1 Å². The molecule has 57 heavy (non-hydrogen) atoms. The second kappa shape index (κ2) is 11.4. The summed E-state index contributed by atoms with van der Waals surface area (Å²) in [5.74, 6) is 0. The molecule has 264 valence electrons. The smallest absolute Gasteiger partial charge is 0.182 e. The highest BCUT2D eigenvalue weighted by molar-refractivity contribution is 7.24. The summed E-state index contributed by atoms with van der Waals surface area (Å²) in [7, 11) is -2.51. The van der Waals surface area contributed by atoms with E-state index in [2.05, 4.69) is 215 Å². The van der Waals surface area contributed by atoms with E-state index in [0.717, 1.165) is 11.4 Å². The minimum Gasteiger partial charge on any atom is -0.307 e. The molecule has 13 rings (SSSR count). The maximum Gasteiger partial charge on any atom is 0.182 e. The zero-order chi connectivity index (χ0) is 37.2. The Morgan fingerprint density at radius 1 is 0.281 bits per heavy atom. The van der Waals surface area contributed by atoms with Gasteiger partial charge in [-0.25, -0.2) is 0 Å². The number of rotatable bonds is 3. The maximum absolute atomic E-state index is 2.54. The van der Waals surface area contributed by atoms with Gasteiger partial charge in [0, 0.05) is 32.9 Å². The van der Waals surface area contributed by atoms with E-state index in [9.17, 15) is 0 Å². The fourth-order valence-electron chi connectivity index (χ4n) is 10.7. The van der Waals surface area contributed by atoms with Crippen LogP contribution in [0.1, 0.15) is 0 Å². The molecule has 2 nitrogen and oxygen atoms in total. The van der Waals surface area contributed by atoms with Crippen LogP contribution in [0.15, 0.2) is 206 Å². The van der Waals surface area contributed by atoms with Crippen molar-refractivity contribution in [1.82, 2.24) is 9.13 Å². The lowest BCUT2D eigenvalue weighted by Gasteiger charge is -2.28.